The van der Waals surface area contributed by atoms with Crippen molar-refractivity contribution in [1.29, 1.82) is 0 Å². The van der Waals surface area contributed by atoms with Crippen LogP contribution in [-0.2, 0) is 6.42 Å². The second kappa shape index (κ2) is 7.39. The molecule has 0 aliphatic rings. The molecule has 4 heteroatoms. The fourth-order valence-corrected chi connectivity index (χ4v) is 2.18. The summed E-state index contributed by atoms with van der Waals surface area (Å²) < 4.78 is 0. The van der Waals surface area contributed by atoms with Crippen LogP contribution < -0.4 is 0 Å². The van der Waals surface area contributed by atoms with Crippen molar-refractivity contribution in [3.05, 3.63) is 53.9 Å². The van der Waals surface area contributed by atoms with E-state index in [-0.39, 0.29) is 0 Å². The van der Waals surface area contributed by atoms with E-state index in [4.69, 9.17) is 15.8 Å². The minimum absolute atomic E-state index is 0.930. The second-order valence-electron chi connectivity index (χ2n) is 3.08. The van der Waals surface area contributed by atoms with Crippen LogP contribution in [0.1, 0.15) is 11.1 Å². The molecule has 2 N–H and O–H groups in total. The molecule has 0 saturated carbocycles. The average molecular weight is 256 g/mol. The number of hydrogen-bond acceptors (Lipinski definition) is 2. The maximum absolute atomic E-state index is 7.00. The van der Waals surface area contributed by atoms with Crippen LogP contribution in [0.4, 0.5) is 0 Å². The fraction of sp³-hybridized carbons (Fsp3) is 0.167. The Morgan fingerprint density at radius 3 is 2.50 bits per heavy atom. The van der Waals surface area contributed by atoms with Gasteiger partial charge in [0, 0.05) is 30.8 Å². The van der Waals surface area contributed by atoms with E-state index in [2.05, 4.69) is 29.2 Å². The Labute approximate surface area is 104 Å². The number of hydrogen-bond donors (Lipinski definition) is 2. The van der Waals surface area contributed by atoms with Crippen LogP contribution in [0.15, 0.2) is 47.6 Å². The van der Waals surface area contributed by atoms with Gasteiger partial charge in [0.05, 0.1) is 0 Å². The van der Waals surface area contributed by atoms with Crippen LogP contribution in [0.2, 0.25) is 0 Å². The van der Waals surface area contributed by atoms with Crippen LogP contribution >= 0.6 is 21.7 Å². The third-order valence-corrected chi connectivity index (χ3v) is 3.15. The first-order chi connectivity index (χ1) is 7.90. The highest BCUT2D eigenvalue weighted by Crippen LogP contribution is 2.27. The van der Waals surface area contributed by atoms with E-state index in [0.29, 0.717) is 0 Å². The smallest absolute Gasteiger partial charge is 0.0443 e. The Bertz CT molecular complexity index is 402. The number of rotatable bonds is 3. The van der Waals surface area contributed by atoms with Crippen LogP contribution in [0.25, 0.3) is 0 Å². The highest BCUT2D eigenvalue weighted by molar-refractivity contribution is 8.21. The molecule has 0 aliphatic heterocycles. The highest BCUT2D eigenvalue weighted by atomic mass is 35.7. The number of aromatic amines is 1. The Kier molecular flexibility index (Phi) is 6.08. The Balaban J connectivity index is 0.000000606. The number of halogens is 1. The summed E-state index contributed by atoms with van der Waals surface area (Å²) in [5.41, 5.74) is 2.55. The van der Waals surface area contributed by atoms with E-state index < -0.39 is 0 Å². The monoisotopic (exact) mass is 255 g/mol. The molecule has 0 aliphatic carbocycles. The Morgan fingerprint density at radius 1 is 1.19 bits per heavy atom. The first-order valence-electron chi connectivity index (χ1n) is 4.83. The van der Waals surface area contributed by atoms with Crippen molar-refractivity contribution >= 4 is 21.7 Å². The lowest BCUT2D eigenvalue weighted by atomic mass is 10.1. The number of benzene rings is 1. The standard InChI is InChI=1S/C11H10ClNS.CH4O/c12-14-11-8-13-7-10(11)6-9-4-2-1-3-5-9;1-2/h1-5,7-8,13H,6H2;2H,1H3. The normalized spacial score (nSPS) is 9.44. The van der Waals surface area contributed by atoms with Crippen molar-refractivity contribution in [3.63, 3.8) is 0 Å². The van der Waals surface area contributed by atoms with Gasteiger partial charge < -0.3 is 10.1 Å². The van der Waals surface area contributed by atoms with Crippen LogP contribution in [-0.4, -0.2) is 17.2 Å². The van der Waals surface area contributed by atoms with Gasteiger partial charge in [-0.1, -0.05) is 30.3 Å². The Hall–Kier alpha value is -0.900. The molecule has 86 valence electrons. The summed E-state index contributed by atoms with van der Waals surface area (Å²) in [7, 11) is 8.00. The zero-order valence-corrected chi connectivity index (χ0v) is 10.6. The summed E-state index contributed by atoms with van der Waals surface area (Å²) in [6.07, 6.45) is 4.85. The molecular formula is C12H14ClNOS. The highest BCUT2D eigenvalue weighted by Gasteiger charge is 2.03. The molecule has 1 heterocycles. The largest absolute Gasteiger partial charge is 0.400 e. The van der Waals surface area contributed by atoms with E-state index >= 15 is 0 Å². The van der Waals surface area contributed by atoms with Crippen molar-refractivity contribution in [2.45, 2.75) is 11.3 Å². The van der Waals surface area contributed by atoms with Crippen LogP contribution in [0.3, 0.4) is 0 Å². The molecule has 0 radical (unpaired) electrons. The molecule has 1 aromatic heterocycles. The lowest BCUT2D eigenvalue weighted by molar-refractivity contribution is 0.399. The second-order valence-corrected chi connectivity index (χ2v) is 4.14. The first-order valence-corrected chi connectivity index (χ1v) is 6.47. The summed E-state index contributed by atoms with van der Waals surface area (Å²) in [6.45, 7) is 0. The zero-order chi connectivity index (χ0) is 11.8. The summed E-state index contributed by atoms with van der Waals surface area (Å²) in [5.74, 6) is 0. The van der Waals surface area contributed by atoms with E-state index in [0.717, 1.165) is 18.4 Å². The fourth-order valence-electron chi connectivity index (χ4n) is 1.41. The molecule has 0 unspecified atom stereocenters. The molecule has 1 aromatic carbocycles. The number of aliphatic hydroxyl groups is 1. The molecule has 2 rings (SSSR count). The van der Waals surface area contributed by atoms with Gasteiger partial charge in [0.1, 0.15) is 0 Å². The molecule has 0 bridgehead atoms. The van der Waals surface area contributed by atoms with Gasteiger partial charge >= 0.3 is 0 Å². The van der Waals surface area contributed by atoms with Gasteiger partial charge in [0.15, 0.2) is 0 Å². The van der Waals surface area contributed by atoms with Gasteiger partial charge in [-0.25, -0.2) is 0 Å². The van der Waals surface area contributed by atoms with Gasteiger partial charge in [-0.2, -0.15) is 0 Å². The minimum Gasteiger partial charge on any atom is -0.400 e. The quantitative estimate of drug-likeness (QED) is 0.881. The number of aromatic nitrogens is 1. The molecule has 0 amide bonds. The molecule has 0 fully saturated rings. The third kappa shape index (κ3) is 3.59. The van der Waals surface area contributed by atoms with Crippen molar-refractivity contribution in [2.24, 2.45) is 0 Å². The van der Waals surface area contributed by atoms with Gasteiger partial charge in [-0.05, 0) is 32.8 Å². The van der Waals surface area contributed by atoms with Crippen LogP contribution in [0, 0.1) is 0 Å². The third-order valence-electron chi connectivity index (χ3n) is 2.11. The predicted octanol–water partition coefficient (Wildman–Crippen LogP) is 3.46. The summed E-state index contributed by atoms with van der Waals surface area (Å²) in [6, 6.07) is 10.4. The van der Waals surface area contributed by atoms with Crippen molar-refractivity contribution < 1.29 is 5.11 Å². The van der Waals surface area contributed by atoms with E-state index in [1.54, 1.807) is 0 Å². The molecule has 0 atom stereocenters. The van der Waals surface area contributed by atoms with Crippen molar-refractivity contribution in [3.8, 4) is 0 Å². The van der Waals surface area contributed by atoms with Crippen LogP contribution in [0.5, 0.6) is 0 Å². The maximum atomic E-state index is 7.00. The molecule has 2 nitrogen and oxygen atoms in total. The summed E-state index contributed by atoms with van der Waals surface area (Å²) in [5, 5.41) is 7.00. The summed E-state index contributed by atoms with van der Waals surface area (Å²) in [4.78, 5) is 4.17. The number of aliphatic hydroxyl groups excluding tert-OH is 1. The molecule has 2 aromatic rings. The minimum atomic E-state index is 0.930. The number of nitrogens with one attached hydrogen (secondary N) is 1. The summed E-state index contributed by atoms with van der Waals surface area (Å²) >= 11 is 0. The molecule has 16 heavy (non-hydrogen) atoms. The van der Waals surface area contributed by atoms with Gasteiger partial charge in [0.2, 0.25) is 0 Å². The average Bonchev–Trinajstić information content (AvgIpc) is 2.80. The zero-order valence-electron chi connectivity index (χ0n) is 8.98. The van der Waals surface area contributed by atoms with Crippen molar-refractivity contribution in [2.75, 3.05) is 7.11 Å². The van der Waals surface area contributed by atoms with Gasteiger partial charge in [0.25, 0.3) is 0 Å². The van der Waals surface area contributed by atoms with Gasteiger partial charge in [-0.3, -0.25) is 0 Å². The molecular weight excluding hydrogens is 242 g/mol. The van der Waals surface area contributed by atoms with E-state index in [9.17, 15) is 0 Å². The van der Waals surface area contributed by atoms with Crippen molar-refractivity contribution in [1.82, 2.24) is 4.98 Å². The maximum Gasteiger partial charge on any atom is 0.0443 e. The van der Waals surface area contributed by atoms with E-state index in [1.807, 2.05) is 18.5 Å². The Morgan fingerprint density at radius 2 is 1.88 bits per heavy atom. The topological polar surface area (TPSA) is 36.0 Å². The first kappa shape index (κ1) is 13.2. The predicted molar refractivity (Wildman–Crippen MR) is 69.9 cm³/mol. The number of H-pyrrole nitrogens is 1. The lowest BCUT2D eigenvalue weighted by Gasteiger charge is -2.00. The lowest BCUT2D eigenvalue weighted by Crippen LogP contribution is -1.85. The molecule has 0 spiro atoms. The molecule has 0 saturated heterocycles. The SMILES string of the molecule is CO.ClSc1c[nH]cc1Cc1ccccc1. The van der Waals surface area contributed by atoms with Gasteiger partial charge in [-0.15, -0.1) is 0 Å². The van der Waals surface area contributed by atoms with E-state index in [1.165, 1.54) is 22.1 Å².